The number of fused-ring (bicyclic) bond motifs is 3. The SMILES string of the molecule is O=P1(O)CP(=O)(O)OC[C@@H]2O[C@@H](C(O)[C@H]2O)n2cnc3c(ncnc32)OCCCCO1. The molecular formula is C15H22N4O10P2. The third-order valence-corrected chi connectivity index (χ3v) is 8.80. The standard InChI is InChI=1S/C15H22N4O10P2/c20-11-9-5-28-31(24,25)8-30(22,23)27-4-2-1-3-26-14-10-13(16-6-17-14)19(7-18-10)15(29-9)12(11)21/h6-7,9,11-12,15,20-21H,1-5,8H2,(H,22,23)(H,24,25)/t9-,11-,12?,15-/m0/s1. The topological polar surface area (TPSA) is 196 Å². The van der Waals surface area contributed by atoms with Gasteiger partial charge in [0.2, 0.25) is 5.88 Å². The Balaban J connectivity index is 1.64. The highest BCUT2D eigenvalue weighted by molar-refractivity contribution is 7.70. The van der Waals surface area contributed by atoms with Gasteiger partial charge in [-0.05, 0) is 12.8 Å². The Morgan fingerprint density at radius 1 is 1.00 bits per heavy atom. The second-order valence-electron chi connectivity index (χ2n) is 7.15. The summed E-state index contributed by atoms with van der Waals surface area (Å²) < 4.78 is 46.7. The van der Waals surface area contributed by atoms with E-state index >= 15 is 0 Å². The van der Waals surface area contributed by atoms with E-state index in [-0.39, 0.29) is 19.1 Å². The zero-order valence-electron chi connectivity index (χ0n) is 16.1. The van der Waals surface area contributed by atoms with E-state index in [1.165, 1.54) is 17.2 Å². The lowest BCUT2D eigenvalue weighted by atomic mass is 10.1. The molecule has 6 atom stereocenters. The van der Waals surface area contributed by atoms with Crippen LogP contribution in [-0.2, 0) is 22.9 Å². The number of imidazole rings is 1. The summed E-state index contributed by atoms with van der Waals surface area (Å²) in [6.07, 6.45) is -1.85. The average molecular weight is 480 g/mol. The second-order valence-corrected chi connectivity index (χ2v) is 11.3. The minimum Gasteiger partial charge on any atom is -0.476 e. The molecule has 16 heteroatoms. The number of nitrogens with zero attached hydrogens (tertiary/aromatic N) is 4. The first kappa shape index (κ1) is 22.7. The van der Waals surface area contributed by atoms with Crippen LogP contribution in [0.25, 0.3) is 11.2 Å². The number of hydrogen-bond donors (Lipinski definition) is 4. The molecule has 0 saturated carbocycles. The van der Waals surface area contributed by atoms with Crippen molar-refractivity contribution in [1.29, 1.82) is 0 Å². The molecule has 6 bridgehead atoms. The number of hydrogen-bond acceptors (Lipinski definition) is 11. The molecule has 4 heterocycles. The minimum atomic E-state index is -4.55. The Hall–Kier alpha value is -1.47. The molecule has 4 rings (SSSR count). The van der Waals surface area contributed by atoms with Gasteiger partial charge in [0, 0.05) is 0 Å². The van der Waals surface area contributed by atoms with Crippen molar-refractivity contribution in [3.63, 3.8) is 0 Å². The highest BCUT2D eigenvalue weighted by Gasteiger charge is 2.46. The van der Waals surface area contributed by atoms with Crippen LogP contribution in [0.4, 0.5) is 0 Å². The van der Waals surface area contributed by atoms with Crippen molar-refractivity contribution in [2.45, 2.75) is 37.4 Å². The number of rotatable bonds is 0. The lowest BCUT2D eigenvalue weighted by Gasteiger charge is -2.20. The summed E-state index contributed by atoms with van der Waals surface area (Å²) in [6.45, 7) is -0.551. The predicted molar refractivity (Wildman–Crippen MR) is 102 cm³/mol. The lowest BCUT2D eigenvalue weighted by Crippen LogP contribution is -2.33. The summed E-state index contributed by atoms with van der Waals surface area (Å²) in [7, 11) is -8.95. The van der Waals surface area contributed by atoms with Gasteiger partial charge < -0.3 is 38.5 Å². The maximum Gasteiger partial charge on any atom is 0.340 e. The molecule has 3 unspecified atom stereocenters. The summed E-state index contributed by atoms with van der Waals surface area (Å²) in [5, 5.41) is 20.8. The third-order valence-electron chi connectivity index (χ3n) is 4.80. The molecule has 31 heavy (non-hydrogen) atoms. The van der Waals surface area contributed by atoms with Crippen LogP contribution in [0.15, 0.2) is 12.7 Å². The molecule has 2 aromatic rings. The van der Waals surface area contributed by atoms with Crippen LogP contribution in [0, 0.1) is 0 Å². The largest absolute Gasteiger partial charge is 0.476 e. The van der Waals surface area contributed by atoms with Crippen LogP contribution >= 0.6 is 15.2 Å². The van der Waals surface area contributed by atoms with E-state index in [1.54, 1.807) is 0 Å². The monoisotopic (exact) mass is 480 g/mol. The first-order chi connectivity index (χ1) is 14.7. The van der Waals surface area contributed by atoms with Gasteiger partial charge >= 0.3 is 15.2 Å². The van der Waals surface area contributed by atoms with Gasteiger partial charge in [-0.15, -0.1) is 0 Å². The third kappa shape index (κ3) is 4.98. The smallest absolute Gasteiger partial charge is 0.340 e. The minimum absolute atomic E-state index is 0.136. The first-order valence-corrected chi connectivity index (χ1v) is 12.9. The van der Waals surface area contributed by atoms with E-state index in [9.17, 15) is 29.1 Å². The Labute approximate surface area is 175 Å². The highest BCUT2D eigenvalue weighted by Crippen LogP contribution is 2.58. The molecular weight excluding hydrogens is 458 g/mol. The normalized spacial score (nSPS) is 37.9. The molecule has 0 amide bonds. The molecule has 1 fully saturated rings. The summed E-state index contributed by atoms with van der Waals surface area (Å²) in [5.74, 6) is -0.918. The number of aliphatic hydroxyl groups is 2. The molecule has 1 saturated heterocycles. The van der Waals surface area contributed by atoms with Gasteiger partial charge in [0.15, 0.2) is 23.3 Å². The van der Waals surface area contributed by atoms with Gasteiger partial charge in [-0.2, -0.15) is 4.98 Å². The van der Waals surface area contributed by atoms with Crippen molar-refractivity contribution in [3.8, 4) is 5.88 Å². The second kappa shape index (κ2) is 8.81. The van der Waals surface area contributed by atoms with Gasteiger partial charge in [-0.1, -0.05) is 0 Å². The van der Waals surface area contributed by atoms with Crippen molar-refractivity contribution in [3.05, 3.63) is 12.7 Å². The predicted octanol–water partition coefficient (Wildman–Crippen LogP) is -0.0204. The number of ether oxygens (including phenoxy) is 2. The Morgan fingerprint density at radius 2 is 1.74 bits per heavy atom. The molecule has 0 spiro atoms. The van der Waals surface area contributed by atoms with Gasteiger partial charge in [0.25, 0.3) is 0 Å². The Morgan fingerprint density at radius 3 is 2.55 bits per heavy atom. The van der Waals surface area contributed by atoms with Crippen LogP contribution in [0.1, 0.15) is 19.1 Å². The van der Waals surface area contributed by atoms with E-state index in [1.807, 2.05) is 0 Å². The van der Waals surface area contributed by atoms with Crippen molar-refractivity contribution in [2.75, 3.05) is 25.7 Å². The van der Waals surface area contributed by atoms with Crippen molar-refractivity contribution in [2.24, 2.45) is 0 Å². The van der Waals surface area contributed by atoms with Gasteiger partial charge in [-0.25, -0.2) is 9.97 Å². The van der Waals surface area contributed by atoms with Crippen LogP contribution in [0.2, 0.25) is 0 Å². The van der Waals surface area contributed by atoms with Crippen molar-refractivity contribution in [1.82, 2.24) is 19.5 Å². The van der Waals surface area contributed by atoms with Gasteiger partial charge in [0.05, 0.1) is 26.1 Å². The van der Waals surface area contributed by atoms with Crippen LogP contribution in [0.5, 0.6) is 5.88 Å². The first-order valence-electron chi connectivity index (χ1n) is 9.41. The fraction of sp³-hybridized carbons (Fsp3) is 0.667. The maximum atomic E-state index is 12.2. The molecule has 0 radical (unpaired) electrons. The average Bonchev–Trinajstić information content (AvgIpc) is 3.24. The van der Waals surface area contributed by atoms with E-state index in [2.05, 4.69) is 15.0 Å². The molecule has 14 nitrogen and oxygen atoms in total. The molecule has 0 aromatic carbocycles. The Bertz CT molecular complexity index is 1030. The van der Waals surface area contributed by atoms with Gasteiger partial charge in [-0.3, -0.25) is 13.7 Å². The fourth-order valence-corrected chi connectivity index (χ4v) is 6.55. The zero-order valence-corrected chi connectivity index (χ0v) is 17.9. The van der Waals surface area contributed by atoms with Crippen molar-refractivity contribution >= 4 is 26.4 Å². The summed E-state index contributed by atoms with van der Waals surface area (Å²) >= 11 is 0. The Kier molecular flexibility index (Phi) is 6.46. The summed E-state index contributed by atoms with van der Waals surface area (Å²) in [4.78, 5) is 32.2. The van der Waals surface area contributed by atoms with Gasteiger partial charge in [0.1, 0.15) is 24.6 Å². The summed E-state index contributed by atoms with van der Waals surface area (Å²) in [5.41, 5.74) is 0.603. The van der Waals surface area contributed by atoms with Crippen LogP contribution < -0.4 is 4.74 Å². The number of aliphatic hydroxyl groups excluding tert-OH is 2. The summed E-state index contributed by atoms with van der Waals surface area (Å²) in [6, 6.07) is 0. The quantitative estimate of drug-likeness (QED) is 0.368. The molecule has 0 aliphatic carbocycles. The van der Waals surface area contributed by atoms with Crippen molar-refractivity contribution < 1.29 is 47.7 Å². The molecule has 2 aliphatic rings. The van der Waals surface area contributed by atoms with E-state index in [0.717, 1.165) is 0 Å². The van der Waals surface area contributed by atoms with Crippen LogP contribution in [0.3, 0.4) is 0 Å². The molecule has 4 N–H and O–H groups in total. The zero-order chi connectivity index (χ0) is 22.2. The van der Waals surface area contributed by atoms with E-state index in [4.69, 9.17) is 18.5 Å². The lowest BCUT2D eigenvalue weighted by molar-refractivity contribution is -0.0484. The molecule has 2 aliphatic heterocycles. The number of aromatic nitrogens is 4. The highest BCUT2D eigenvalue weighted by atomic mass is 31.2. The molecule has 2 aromatic heterocycles. The van der Waals surface area contributed by atoms with E-state index in [0.29, 0.717) is 24.0 Å². The molecule has 172 valence electrons. The fourth-order valence-electron chi connectivity index (χ4n) is 3.30. The van der Waals surface area contributed by atoms with Crippen LogP contribution in [-0.4, -0.2) is 83.6 Å². The van der Waals surface area contributed by atoms with E-state index < -0.39 is 52.2 Å². The maximum absolute atomic E-state index is 12.2.